The number of hydrogen-bond acceptors (Lipinski definition) is 1. The van der Waals surface area contributed by atoms with Gasteiger partial charge in [0.15, 0.2) is 0 Å². The van der Waals surface area contributed by atoms with E-state index in [1.54, 1.807) is 0 Å². The van der Waals surface area contributed by atoms with E-state index < -0.39 is 42.6 Å². The summed E-state index contributed by atoms with van der Waals surface area (Å²) in [7, 11) is 0. The van der Waals surface area contributed by atoms with E-state index in [0.29, 0.717) is 0 Å². The number of rotatable bonds is 2. The van der Waals surface area contributed by atoms with Crippen LogP contribution in [0.2, 0.25) is 0 Å². The Morgan fingerprint density at radius 3 is 1.13 bits per heavy atom. The van der Waals surface area contributed by atoms with Crippen LogP contribution in [0.15, 0.2) is 0 Å². The second-order valence-corrected chi connectivity index (χ2v) is 4.45. The molecule has 0 heterocycles. The third-order valence-corrected chi connectivity index (χ3v) is 3.14. The molecule has 0 saturated carbocycles. The lowest BCUT2D eigenvalue weighted by Crippen LogP contribution is -2.65. The summed E-state index contributed by atoms with van der Waals surface area (Å²) in [6.45, 7) is 0. The predicted octanol–water partition coefficient (Wildman–Crippen LogP) is 2.84. The van der Waals surface area contributed by atoms with Crippen molar-refractivity contribution in [2.75, 3.05) is 0 Å². The largest absolute Gasteiger partial charge is 0.433 e. The summed E-state index contributed by atoms with van der Waals surface area (Å²) in [4.78, 5) is 0. The fourth-order valence-electron chi connectivity index (χ4n) is 0.579. The summed E-state index contributed by atoms with van der Waals surface area (Å²) < 4.78 is 92.9. The van der Waals surface area contributed by atoms with Crippen LogP contribution in [-0.4, -0.2) is 31.5 Å². The van der Waals surface area contributed by atoms with E-state index >= 15 is 0 Å². The third-order valence-electron chi connectivity index (χ3n) is 1.40. The molecule has 1 nitrogen and oxygen atoms in total. The molecule has 1 N–H and O–H groups in total. The predicted molar refractivity (Wildman–Crippen MR) is 43.1 cm³/mol. The number of halogens is 9. The Morgan fingerprint density at radius 2 is 1.07 bits per heavy atom. The normalized spacial score (nSPS) is 15.5. The van der Waals surface area contributed by atoms with Gasteiger partial charge in [-0.3, -0.25) is 0 Å². The van der Waals surface area contributed by atoms with Crippen molar-refractivity contribution in [1.29, 1.82) is 0 Å². The van der Waals surface area contributed by atoms with Crippen molar-refractivity contribution >= 4 is 25.2 Å². The molecule has 0 aromatic heterocycles. The van der Waals surface area contributed by atoms with Crippen LogP contribution in [0, 0.1) is 0 Å². The standard InChI is InChI=1S/C5H3F8IO/c1-14-5(12,13)2(15,3(6,7)8)4(9,10)11/h15H,1H2. The first-order chi connectivity index (χ1) is 6.31. The lowest BCUT2D eigenvalue weighted by molar-refractivity contribution is -0.400. The molecular weight excluding hydrogens is 355 g/mol. The molecule has 10 heteroatoms. The van der Waals surface area contributed by atoms with E-state index in [4.69, 9.17) is 5.11 Å². The maximum absolute atomic E-state index is 12.5. The van der Waals surface area contributed by atoms with Crippen LogP contribution in [0.4, 0.5) is 35.1 Å². The van der Waals surface area contributed by atoms with Crippen molar-refractivity contribution in [2.24, 2.45) is 0 Å². The smallest absolute Gasteiger partial charge is 0.368 e. The number of hydrogen-bond donors (Lipinski definition) is 1. The monoisotopic (exact) mass is 358 g/mol. The van der Waals surface area contributed by atoms with Crippen LogP contribution in [0.3, 0.4) is 0 Å². The Hall–Kier alpha value is 0. The molecule has 0 aliphatic carbocycles. The molecule has 0 amide bonds. The Kier molecular flexibility index (Phi) is 3.79. The Morgan fingerprint density at radius 1 is 0.800 bits per heavy atom. The van der Waals surface area contributed by atoms with Crippen molar-refractivity contribution in [3.8, 4) is 0 Å². The van der Waals surface area contributed by atoms with Crippen molar-refractivity contribution in [1.82, 2.24) is 0 Å². The van der Waals surface area contributed by atoms with Crippen LogP contribution >= 0.6 is 20.7 Å². The molecule has 0 saturated heterocycles. The van der Waals surface area contributed by atoms with Crippen molar-refractivity contribution < 1.29 is 40.2 Å². The summed E-state index contributed by atoms with van der Waals surface area (Å²) in [5, 5.41) is 8.20. The second-order valence-electron chi connectivity index (χ2n) is 2.34. The minimum absolute atomic E-state index is 2.35. The third kappa shape index (κ3) is 2.24. The molecular formula is C5H3F8IO. The highest BCUT2D eigenvalue weighted by molar-refractivity contribution is 14.2. The van der Waals surface area contributed by atoms with Gasteiger partial charge in [-0.2, -0.15) is 35.1 Å². The molecule has 0 rings (SSSR count). The zero-order chi connectivity index (χ0) is 12.7. The van der Waals surface area contributed by atoms with E-state index in [0.717, 1.165) is 0 Å². The van der Waals surface area contributed by atoms with Crippen LogP contribution in [-0.2, 0) is 0 Å². The minimum atomic E-state index is -6.51. The quantitative estimate of drug-likeness (QED) is 0.457. The molecule has 0 bridgehead atoms. The van der Waals surface area contributed by atoms with Gasteiger partial charge in [0.25, 0.3) is 0 Å². The highest BCUT2D eigenvalue weighted by atomic mass is 127. The van der Waals surface area contributed by atoms with Gasteiger partial charge in [-0.1, -0.05) is 4.51 Å². The van der Waals surface area contributed by atoms with Gasteiger partial charge < -0.3 is 5.11 Å². The van der Waals surface area contributed by atoms with Crippen LogP contribution in [0.5, 0.6) is 0 Å². The zero-order valence-electron chi connectivity index (χ0n) is 6.56. The van der Waals surface area contributed by atoms with E-state index in [-0.39, 0.29) is 0 Å². The van der Waals surface area contributed by atoms with Crippen molar-refractivity contribution in [3.63, 3.8) is 0 Å². The Balaban J connectivity index is 5.75. The first-order valence-corrected chi connectivity index (χ1v) is 5.55. The van der Waals surface area contributed by atoms with Gasteiger partial charge in [-0.25, -0.2) is 0 Å². The lowest BCUT2D eigenvalue weighted by Gasteiger charge is -2.35. The van der Waals surface area contributed by atoms with Gasteiger partial charge in [0.2, 0.25) is 0 Å². The molecule has 0 unspecified atom stereocenters. The molecule has 0 aromatic rings. The van der Waals surface area contributed by atoms with Gasteiger partial charge in [0, 0.05) is 0 Å². The molecule has 15 heavy (non-hydrogen) atoms. The average Bonchev–Trinajstić information content (AvgIpc) is 1.98. The highest BCUT2D eigenvalue weighted by Gasteiger charge is 2.81. The molecule has 0 aliphatic rings. The van der Waals surface area contributed by atoms with Gasteiger partial charge in [-0.05, 0) is 20.7 Å². The molecule has 92 valence electrons. The van der Waals surface area contributed by atoms with E-state index in [9.17, 15) is 35.1 Å². The SMILES string of the molecule is C=IC(F)(F)C(O)(C(F)(F)F)C(F)(F)F. The first kappa shape index (κ1) is 15.0. The second kappa shape index (κ2) is 3.79. The topological polar surface area (TPSA) is 20.2 Å². The number of aliphatic hydroxyl groups is 1. The maximum atomic E-state index is 12.5. The molecule has 0 fully saturated rings. The summed E-state index contributed by atoms with van der Waals surface area (Å²) in [5.41, 5.74) is -6.03. The maximum Gasteiger partial charge on any atom is 0.433 e. The summed E-state index contributed by atoms with van der Waals surface area (Å²) in [5.74, 6) is 0. The minimum Gasteiger partial charge on any atom is -0.368 e. The van der Waals surface area contributed by atoms with Crippen LogP contribution < -0.4 is 0 Å². The molecule has 0 atom stereocenters. The summed E-state index contributed by atoms with van der Waals surface area (Å²) in [6, 6.07) is 0. The molecule has 0 aliphatic heterocycles. The van der Waals surface area contributed by atoms with Crippen molar-refractivity contribution in [2.45, 2.75) is 21.9 Å². The zero-order valence-corrected chi connectivity index (χ0v) is 8.71. The fourth-order valence-corrected chi connectivity index (χ4v) is 1.74. The summed E-state index contributed by atoms with van der Waals surface area (Å²) >= 11 is -3.03. The average molecular weight is 358 g/mol. The highest BCUT2D eigenvalue weighted by Crippen LogP contribution is 2.55. The van der Waals surface area contributed by atoms with Crippen LogP contribution in [0.1, 0.15) is 0 Å². The fraction of sp³-hybridized carbons (Fsp3) is 0.800. The van der Waals surface area contributed by atoms with Gasteiger partial charge in [0.05, 0.1) is 0 Å². The number of alkyl halides is 9. The molecule has 0 aromatic carbocycles. The first-order valence-electron chi connectivity index (χ1n) is 2.94. The Bertz CT molecular complexity index is 239. The van der Waals surface area contributed by atoms with Gasteiger partial charge in [-0.15, -0.1) is 0 Å². The van der Waals surface area contributed by atoms with E-state index in [2.05, 4.69) is 4.51 Å². The molecule has 0 spiro atoms. The van der Waals surface area contributed by atoms with Crippen LogP contribution in [0.25, 0.3) is 0 Å². The Labute approximate surface area is 87.8 Å². The van der Waals surface area contributed by atoms with Gasteiger partial charge >= 0.3 is 21.9 Å². The lowest BCUT2D eigenvalue weighted by atomic mass is 10.0. The van der Waals surface area contributed by atoms with Gasteiger partial charge in [0.1, 0.15) is 0 Å². The van der Waals surface area contributed by atoms with E-state index in [1.165, 1.54) is 0 Å². The van der Waals surface area contributed by atoms with E-state index in [1.807, 2.05) is 0 Å². The summed E-state index contributed by atoms with van der Waals surface area (Å²) in [6.07, 6.45) is -13.0. The molecule has 0 radical (unpaired) electrons. The van der Waals surface area contributed by atoms with Crippen molar-refractivity contribution in [3.05, 3.63) is 0 Å².